The van der Waals surface area contributed by atoms with Gasteiger partial charge in [0.1, 0.15) is 0 Å². The molecule has 9 heteroatoms. The second-order valence-corrected chi connectivity index (χ2v) is 6.51. The lowest BCUT2D eigenvalue weighted by Gasteiger charge is -2.22. The number of halogens is 1. The normalized spacial score (nSPS) is 21.3. The Morgan fingerprint density at radius 3 is 2.76 bits per heavy atom. The van der Waals surface area contributed by atoms with E-state index in [1.165, 1.54) is 8.99 Å². The number of rotatable bonds is 3. The fourth-order valence-corrected chi connectivity index (χ4v) is 4.13. The lowest BCUT2D eigenvalue weighted by molar-refractivity contribution is 0.180. The predicted molar refractivity (Wildman–Crippen MR) is 62.9 cm³/mol. The van der Waals surface area contributed by atoms with Gasteiger partial charge in [0.25, 0.3) is 10.0 Å². The molecule has 0 saturated carbocycles. The van der Waals surface area contributed by atoms with Crippen molar-refractivity contribution in [3.05, 3.63) is 4.60 Å². The number of sulfonamides is 1. The molecule has 96 valence electrons. The summed E-state index contributed by atoms with van der Waals surface area (Å²) < 4.78 is 32.7. The van der Waals surface area contributed by atoms with Crippen LogP contribution in [0.15, 0.2) is 9.63 Å². The third-order valence-electron chi connectivity index (χ3n) is 2.78. The van der Waals surface area contributed by atoms with E-state index in [1.54, 1.807) is 14.1 Å². The van der Waals surface area contributed by atoms with Crippen molar-refractivity contribution in [1.29, 1.82) is 0 Å². The summed E-state index contributed by atoms with van der Waals surface area (Å²) in [5.41, 5.74) is 0. The fraction of sp³-hybridized carbons (Fsp3) is 0.750. The molecule has 0 bridgehead atoms. The maximum absolute atomic E-state index is 12.4. The summed E-state index contributed by atoms with van der Waals surface area (Å²) in [5.74, 6) is 0. The Bertz CT molecular complexity index is 489. The Labute approximate surface area is 108 Å². The first kappa shape index (κ1) is 12.9. The molecule has 0 N–H and O–H groups in total. The lowest BCUT2D eigenvalue weighted by atomic mass is 10.3. The van der Waals surface area contributed by atoms with Gasteiger partial charge in [-0.1, -0.05) is 5.21 Å². The molecule has 1 atom stereocenters. The molecule has 1 unspecified atom stereocenters. The van der Waals surface area contributed by atoms with Crippen LogP contribution in [0.4, 0.5) is 0 Å². The summed E-state index contributed by atoms with van der Waals surface area (Å²) in [7, 11) is -0.501. The maximum Gasteiger partial charge on any atom is 0.263 e. The van der Waals surface area contributed by atoms with Crippen LogP contribution in [-0.2, 0) is 21.8 Å². The largest absolute Gasteiger partial charge is 0.380 e. The van der Waals surface area contributed by atoms with Crippen LogP contribution in [0.25, 0.3) is 0 Å². The van der Waals surface area contributed by atoms with Gasteiger partial charge in [0.2, 0.25) is 5.03 Å². The van der Waals surface area contributed by atoms with Crippen molar-refractivity contribution in [1.82, 2.24) is 19.3 Å². The van der Waals surface area contributed by atoms with E-state index >= 15 is 0 Å². The summed E-state index contributed by atoms with van der Waals surface area (Å²) in [6.45, 7) is 1.02. The molecule has 1 saturated heterocycles. The number of hydrogen-bond acceptors (Lipinski definition) is 5. The topological polar surface area (TPSA) is 77.3 Å². The number of hydrogen-bond donors (Lipinski definition) is 0. The molecule has 0 aliphatic carbocycles. The van der Waals surface area contributed by atoms with Crippen LogP contribution < -0.4 is 0 Å². The first-order valence-electron chi connectivity index (χ1n) is 5.05. The second kappa shape index (κ2) is 4.63. The van der Waals surface area contributed by atoms with Gasteiger partial charge in [0.05, 0.1) is 12.6 Å². The van der Waals surface area contributed by atoms with Gasteiger partial charge >= 0.3 is 0 Å². The van der Waals surface area contributed by atoms with Gasteiger partial charge in [-0.15, -0.1) is 5.10 Å². The van der Waals surface area contributed by atoms with Crippen molar-refractivity contribution >= 4 is 26.0 Å². The Morgan fingerprint density at radius 1 is 1.59 bits per heavy atom. The highest BCUT2D eigenvalue weighted by molar-refractivity contribution is 9.10. The molecule has 1 aromatic heterocycles. The van der Waals surface area contributed by atoms with Crippen LogP contribution >= 0.6 is 15.9 Å². The van der Waals surface area contributed by atoms with Crippen LogP contribution in [0.1, 0.15) is 6.42 Å². The molecule has 0 aromatic carbocycles. The average molecular weight is 325 g/mol. The lowest BCUT2D eigenvalue weighted by Crippen LogP contribution is -2.38. The van der Waals surface area contributed by atoms with Gasteiger partial charge in [0, 0.05) is 20.7 Å². The van der Waals surface area contributed by atoms with Crippen LogP contribution in [0.2, 0.25) is 0 Å². The Kier molecular flexibility index (Phi) is 3.53. The van der Waals surface area contributed by atoms with Crippen molar-refractivity contribution in [2.75, 3.05) is 20.3 Å². The molecule has 1 aliphatic rings. The van der Waals surface area contributed by atoms with Crippen molar-refractivity contribution in [3.63, 3.8) is 0 Å². The molecule has 0 amide bonds. The summed E-state index contributed by atoms with van der Waals surface area (Å²) >= 11 is 3.10. The zero-order valence-electron chi connectivity index (χ0n) is 9.50. The molecule has 2 heterocycles. The van der Waals surface area contributed by atoms with Crippen molar-refractivity contribution in [3.8, 4) is 0 Å². The summed E-state index contributed by atoms with van der Waals surface area (Å²) in [5, 5.41) is 7.42. The highest BCUT2D eigenvalue weighted by Crippen LogP contribution is 2.24. The maximum atomic E-state index is 12.4. The van der Waals surface area contributed by atoms with Gasteiger partial charge in [0.15, 0.2) is 4.60 Å². The van der Waals surface area contributed by atoms with Gasteiger partial charge in [-0.3, -0.25) is 0 Å². The van der Waals surface area contributed by atoms with Gasteiger partial charge < -0.3 is 4.74 Å². The highest BCUT2D eigenvalue weighted by Gasteiger charge is 2.34. The zero-order valence-corrected chi connectivity index (χ0v) is 11.9. The first-order valence-corrected chi connectivity index (χ1v) is 7.29. The van der Waals surface area contributed by atoms with Crippen LogP contribution in [0.5, 0.6) is 0 Å². The Balaban J connectivity index is 2.36. The zero-order chi connectivity index (χ0) is 12.6. The molecular weight excluding hydrogens is 312 g/mol. The van der Waals surface area contributed by atoms with E-state index in [0.29, 0.717) is 19.6 Å². The minimum Gasteiger partial charge on any atom is -0.380 e. The predicted octanol–water partition coefficient (Wildman–Crippen LogP) is -0.0130. The number of aryl methyl sites for hydroxylation is 1. The summed E-state index contributed by atoms with van der Waals surface area (Å²) in [4.78, 5) is 0. The van der Waals surface area contributed by atoms with Crippen molar-refractivity contribution < 1.29 is 13.2 Å². The minimum atomic E-state index is -3.60. The van der Waals surface area contributed by atoms with Crippen LogP contribution in [0, 0.1) is 0 Å². The third kappa shape index (κ3) is 2.24. The smallest absolute Gasteiger partial charge is 0.263 e. The van der Waals surface area contributed by atoms with Gasteiger partial charge in [-0.25, -0.2) is 13.1 Å². The number of likely N-dealkylation sites (N-methyl/N-ethyl adjacent to an activating group) is 1. The Hall–Kier alpha value is -0.510. The summed E-state index contributed by atoms with van der Waals surface area (Å²) in [6, 6.07) is -0.123. The van der Waals surface area contributed by atoms with E-state index in [2.05, 4.69) is 26.2 Å². The molecular formula is C8H13BrN4O3S. The second-order valence-electron chi connectivity index (χ2n) is 3.85. The molecule has 1 fully saturated rings. The quantitative estimate of drug-likeness (QED) is 0.781. The van der Waals surface area contributed by atoms with E-state index in [1.807, 2.05) is 0 Å². The number of nitrogens with zero attached hydrogens (tertiary/aromatic N) is 4. The van der Waals surface area contributed by atoms with E-state index in [4.69, 9.17) is 4.74 Å². The van der Waals surface area contributed by atoms with E-state index < -0.39 is 10.0 Å². The molecule has 17 heavy (non-hydrogen) atoms. The molecule has 2 rings (SSSR count). The molecule has 0 radical (unpaired) electrons. The average Bonchev–Trinajstić information content (AvgIpc) is 2.87. The monoisotopic (exact) mass is 324 g/mol. The SMILES string of the molecule is CN(C1CCOC1)S(=O)(=O)c1c(Br)nnn1C. The third-order valence-corrected chi connectivity index (χ3v) is 5.58. The van der Waals surface area contributed by atoms with E-state index in [-0.39, 0.29) is 15.7 Å². The van der Waals surface area contributed by atoms with Crippen LogP contribution in [0.3, 0.4) is 0 Å². The van der Waals surface area contributed by atoms with E-state index in [0.717, 1.165) is 0 Å². The van der Waals surface area contributed by atoms with Crippen molar-refractivity contribution in [2.45, 2.75) is 17.5 Å². The van der Waals surface area contributed by atoms with E-state index in [9.17, 15) is 8.42 Å². The molecule has 0 spiro atoms. The highest BCUT2D eigenvalue weighted by atomic mass is 79.9. The standard InChI is InChI=1S/C8H13BrN4O3S/c1-12-8(7(9)10-11-12)17(14,15)13(2)6-3-4-16-5-6/h6H,3-5H2,1-2H3. The molecule has 7 nitrogen and oxygen atoms in total. The van der Waals surface area contributed by atoms with Crippen LogP contribution in [-0.4, -0.2) is 54.0 Å². The summed E-state index contributed by atoms with van der Waals surface area (Å²) in [6.07, 6.45) is 0.707. The van der Waals surface area contributed by atoms with Gasteiger partial charge in [-0.05, 0) is 22.4 Å². The minimum absolute atomic E-state index is 0.0619. The fourth-order valence-electron chi connectivity index (χ4n) is 1.74. The number of aromatic nitrogens is 3. The van der Waals surface area contributed by atoms with Crippen molar-refractivity contribution in [2.24, 2.45) is 7.05 Å². The number of ether oxygens (including phenoxy) is 1. The molecule has 1 aliphatic heterocycles. The van der Waals surface area contributed by atoms with Gasteiger partial charge in [-0.2, -0.15) is 4.31 Å². The molecule has 1 aromatic rings. The first-order chi connectivity index (χ1) is 7.94. The Morgan fingerprint density at radius 2 is 2.29 bits per heavy atom.